The molecule has 262 valence electrons. The quantitative estimate of drug-likeness (QED) is 0.153. The molecule has 1 aliphatic heterocycles. The fourth-order valence-corrected chi connectivity index (χ4v) is 5.76. The maximum atomic E-state index is 15.1. The molecule has 2 atom stereocenters. The molecule has 0 aliphatic carbocycles. The van der Waals surface area contributed by atoms with E-state index in [2.05, 4.69) is 64.1 Å². The van der Waals surface area contributed by atoms with Crippen molar-refractivity contribution in [3.63, 3.8) is 0 Å². The van der Waals surface area contributed by atoms with Crippen LogP contribution in [-0.4, -0.2) is 29.7 Å². The summed E-state index contributed by atoms with van der Waals surface area (Å²) in [5.41, 5.74) is 4.09. The van der Waals surface area contributed by atoms with Gasteiger partial charge in [0.25, 0.3) is 11.8 Å². The van der Waals surface area contributed by atoms with Crippen LogP contribution in [-0.2, 0) is 20.4 Å². The molecular weight excluding hydrogens is 629 g/mol. The maximum Gasteiger partial charge on any atom is 0.294 e. The van der Waals surface area contributed by atoms with E-state index in [0.717, 1.165) is 24.0 Å². The number of carbonyl (C=O) groups excluding carboxylic acids is 2. The van der Waals surface area contributed by atoms with Crippen molar-refractivity contribution in [1.82, 2.24) is 0 Å². The maximum absolute atomic E-state index is 15.1. The van der Waals surface area contributed by atoms with Crippen molar-refractivity contribution in [2.75, 3.05) is 10.3 Å². The van der Waals surface area contributed by atoms with Crippen molar-refractivity contribution < 1.29 is 23.5 Å². The fourth-order valence-electron chi connectivity index (χ4n) is 5.76. The van der Waals surface area contributed by atoms with E-state index in [4.69, 9.17) is 9.47 Å². The molecule has 2 unspecified atom stereocenters. The van der Waals surface area contributed by atoms with Crippen LogP contribution in [0.1, 0.15) is 90.0 Å². The van der Waals surface area contributed by atoms with E-state index in [1.54, 1.807) is 54.6 Å². The first-order valence-electron chi connectivity index (χ1n) is 17.4. The number of hydrogen-bond acceptors (Lipinski definition) is 5. The second-order valence-electron chi connectivity index (χ2n) is 14.1. The summed E-state index contributed by atoms with van der Waals surface area (Å²) in [5, 5.41) is 8.77. The average molecular weight is 678 g/mol. The highest BCUT2D eigenvalue weighted by molar-refractivity contribution is 6.25. The van der Waals surface area contributed by atoms with Crippen LogP contribution in [0.5, 0.6) is 11.5 Å². The second-order valence-corrected chi connectivity index (χ2v) is 14.1. The Balaban J connectivity index is 1.45. The number of amides is 2. The number of para-hydroxylation sites is 2. The van der Waals surface area contributed by atoms with Crippen LogP contribution >= 0.6 is 0 Å². The number of benzene rings is 4. The van der Waals surface area contributed by atoms with E-state index >= 15 is 4.39 Å². The van der Waals surface area contributed by atoms with Gasteiger partial charge in [0, 0.05) is 11.1 Å². The van der Waals surface area contributed by atoms with Crippen LogP contribution in [0.2, 0.25) is 0 Å². The highest BCUT2D eigenvalue weighted by Gasteiger charge is 2.41. The molecule has 50 heavy (non-hydrogen) atoms. The Morgan fingerprint density at radius 3 is 2.22 bits per heavy atom. The van der Waals surface area contributed by atoms with Crippen LogP contribution in [0, 0.1) is 12.7 Å². The third-order valence-corrected chi connectivity index (χ3v) is 9.89. The third kappa shape index (κ3) is 7.59. The van der Waals surface area contributed by atoms with Crippen molar-refractivity contribution in [2.45, 2.75) is 97.7 Å². The molecule has 5 rings (SSSR count). The van der Waals surface area contributed by atoms with Crippen LogP contribution in [0.3, 0.4) is 0 Å². The summed E-state index contributed by atoms with van der Waals surface area (Å²) in [5.74, 6) is -0.292. The monoisotopic (exact) mass is 677 g/mol. The molecule has 0 bridgehead atoms. The number of nitrogens with one attached hydrogen (secondary N) is 1. The van der Waals surface area contributed by atoms with Gasteiger partial charge >= 0.3 is 0 Å². The number of aryl methyl sites for hydroxylation is 1. The van der Waals surface area contributed by atoms with Crippen LogP contribution < -0.4 is 19.8 Å². The van der Waals surface area contributed by atoms with Gasteiger partial charge in [-0.3, -0.25) is 9.59 Å². The lowest BCUT2D eigenvalue weighted by molar-refractivity contribution is -0.123. The Morgan fingerprint density at radius 1 is 0.900 bits per heavy atom. The smallest absolute Gasteiger partial charge is 0.294 e. The van der Waals surface area contributed by atoms with Gasteiger partial charge in [0.15, 0.2) is 6.10 Å². The Hall–Kier alpha value is -4.98. The van der Waals surface area contributed by atoms with Gasteiger partial charge in [-0.05, 0) is 85.0 Å². The summed E-state index contributed by atoms with van der Waals surface area (Å²) >= 11 is 0. The Morgan fingerprint density at radius 2 is 1.56 bits per heavy atom. The van der Waals surface area contributed by atoms with E-state index in [1.165, 1.54) is 16.6 Å². The Bertz CT molecular complexity index is 1880. The molecule has 1 N–H and O–H groups in total. The number of hydrogen-bond donors (Lipinski definition) is 1. The third-order valence-electron chi connectivity index (χ3n) is 9.89. The number of rotatable bonds is 13. The average Bonchev–Trinajstić information content (AvgIpc) is 3.42. The highest BCUT2D eigenvalue weighted by Crippen LogP contribution is 2.39. The molecule has 7 nitrogen and oxygen atoms in total. The minimum absolute atomic E-state index is 0.00579. The lowest BCUT2D eigenvalue weighted by Crippen LogP contribution is -2.38. The summed E-state index contributed by atoms with van der Waals surface area (Å²) in [6.45, 7) is 17.0. The normalized spacial score (nSPS) is 15.5. The molecular formula is C42H48FN3O4. The molecule has 0 saturated heterocycles. The predicted molar refractivity (Wildman–Crippen MR) is 199 cm³/mol. The zero-order chi connectivity index (χ0) is 36.2. The van der Waals surface area contributed by atoms with E-state index in [0.29, 0.717) is 29.3 Å². The molecule has 1 heterocycles. The van der Waals surface area contributed by atoms with Crippen LogP contribution in [0.25, 0.3) is 0 Å². The van der Waals surface area contributed by atoms with Gasteiger partial charge in [-0.2, -0.15) is 10.1 Å². The number of ether oxygens (including phenoxy) is 2. The summed E-state index contributed by atoms with van der Waals surface area (Å²) in [6.07, 6.45) is 0.258. The van der Waals surface area contributed by atoms with Crippen LogP contribution in [0.15, 0.2) is 96.1 Å². The first kappa shape index (κ1) is 36.3. The predicted octanol–water partition coefficient (Wildman–Crippen LogP) is 9.50. The van der Waals surface area contributed by atoms with Gasteiger partial charge in [-0.1, -0.05) is 103 Å². The molecule has 0 saturated carbocycles. The molecule has 4 aromatic rings. The molecule has 8 heteroatoms. The number of hydrazone groups is 1. The summed E-state index contributed by atoms with van der Waals surface area (Å²) in [7, 11) is 0. The lowest BCUT2D eigenvalue weighted by atomic mass is 9.76. The SMILES string of the molecule is CCC(Oc1ccc(C(C)(C)CC)cc1C(C)(C)CC)C(=O)Nc1ccccc1N1N=C(c2ccccc2F)C(Oc2ccc(C)cc2)C1=O. The molecule has 2 amide bonds. The van der Waals surface area contributed by atoms with Gasteiger partial charge in [0.05, 0.1) is 11.4 Å². The zero-order valence-corrected chi connectivity index (χ0v) is 30.3. The molecule has 0 radical (unpaired) electrons. The summed E-state index contributed by atoms with van der Waals surface area (Å²) < 4.78 is 27.8. The van der Waals surface area contributed by atoms with Gasteiger partial charge in [-0.25, -0.2) is 4.39 Å². The zero-order valence-electron chi connectivity index (χ0n) is 30.3. The summed E-state index contributed by atoms with van der Waals surface area (Å²) in [6, 6.07) is 26.6. The first-order valence-corrected chi connectivity index (χ1v) is 17.4. The number of carbonyl (C=O) groups is 2. The molecule has 0 spiro atoms. The summed E-state index contributed by atoms with van der Waals surface area (Å²) in [4.78, 5) is 28.0. The van der Waals surface area contributed by atoms with E-state index in [9.17, 15) is 9.59 Å². The van der Waals surface area contributed by atoms with Crippen molar-refractivity contribution >= 4 is 28.9 Å². The largest absolute Gasteiger partial charge is 0.480 e. The topological polar surface area (TPSA) is 80.2 Å². The minimum Gasteiger partial charge on any atom is -0.480 e. The van der Waals surface area contributed by atoms with Crippen molar-refractivity contribution in [2.24, 2.45) is 5.10 Å². The Labute approximate surface area is 295 Å². The van der Waals surface area contributed by atoms with Crippen molar-refractivity contribution in [3.8, 4) is 11.5 Å². The first-order chi connectivity index (χ1) is 23.8. The van der Waals surface area contributed by atoms with Crippen LogP contribution in [0.4, 0.5) is 15.8 Å². The standard InChI is InChI=1S/C42H48FN3O4/c1-9-35(50-36-25-22-28(41(5,6)10-2)26-31(36)42(7,8)11-3)39(47)44-33-18-14-15-19-34(33)46-40(48)38(49-29-23-20-27(4)21-24-29)37(45-46)30-16-12-13-17-32(30)43/h12-26,35,38H,9-11H2,1-8H3,(H,44,47). The molecule has 0 aromatic heterocycles. The second kappa shape index (κ2) is 14.9. The van der Waals surface area contributed by atoms with Crippen molar-refractivity contribution in [3.05, 3.63) is 119 Å². The van der Waals surface area contributed by atoms with E-state index in [-0.39, 0.29) is 28.0 Å². The lowest BCUT2D eigenvalue weighted by Gasteiger charge is -2.31. The van der Waals surface area contributed by atoms with E-state index < -0.39 is 23.9 Å². The minimum atomic E-state index is -1.22. The Kier molecular flexibility index (Phi) is 10.8. The van der Waals surface area contributed by atoms with E-state index in [1.807, 2.05) is 32.0 Å². The molecule has 4 aromatic carbocycles. The van der Waals surface area contributed by atoms with Gasteiger partial charge in [0.1, 0.15) is 23.0 Å². The number of nitrogens with zero attached hydrogens (tertiary/aromatic N) is 2. The fraction of sp³-hybridized carbons (Fsp3) is 0.357. The van der Waals surface area contributed by atoms with Gasteiger partial charge in [-0.15, -0.1) is 0 Å². The molecule has 0 fully saturated rings. The number of halogens is 1. The molecule has 1 aliphatic rings. The highest BCUT2D eigenvalue weighted by atomic mass is 19.1. The van der Waals surface area contributed by atoms with Gasteiger partial charge < -0.3 is 14.8 Å². The van der Waals surface area contributed by atoms with Gasteiger partial charge in [0.2, 0.25) is 6.10 Å². The number of anilines is 2. The van der Waals surface area contributed by atoms with Crippen molar-refractivity contribution in [1.29, 1.82) is 0 Å².